The van der Waals surface area contributed by atoms with E-state index in [1.807, 2.05) is 0 Å². The number of carbonyl (C=O) groups excluding carboxylic acids is 2. The Balaban J connectivity index is 1.31. The number of rotatable bonds is 5. The average Bonchev–Trinajstić information content (AvgIpc) is 3.33. The Kier molecular flexibility index (Phi) is 4.58. The molecule has 4 heterocycles. The summed E-state index contributed by atoms with van der Waals surface area (Å²) in [5.41, 5.74) is 0.283. The molecule has 4 rings (SSSR count). The normalized spacial score (nSPS) is 26.8. The van der Waals surface area contributed by atoms with Gasteiger partial charge in [-0.2, -0.15) is 0 Å². The van der Waals surface area contributed by atoms with Crippen LogP contribution in [-0.2, 0) is 9.47 Å². The van der Waals surface area contributed by atoms with Crippen LogP contribution in [-0.4, -0.2) is 96.5 Å². The van der Waals surface area contributed by atoms with Crippen LogP contribution in [0.3, 0.4) is 0 Å². The Morgan fingerprint density at radius 2 is 2.08 bits per heavy atom. The number of aromatic nitrogens is 1. The molecule has 9 nitrogen and oxygen atoms in total. The van der Waals surface area contributed by atoms with E-state index in [0.29, 0.717) is 19.6 Å². The monoisotopic (exact) mass is 350 g/mol. The van der Waals surface area contributed by atoms with Gasteiger partial charge in [0.25, 0.3) is 5.91 Å². The molecule has 3 saturated heterocycles. The van der Waals surface area contributed by atoms with Gasteiger partial charge in [-0.25, -0.2) is 4.79 Å². The lowest BCUT2D eigenvalue weighted by Gasteiger charge is -2.28. The SMILES string of the molecule is O=C(c1ccon1)N1C[C@@H]2OC(=O)N(CCCN3CCOCC3)[C@@H]2C1. The molecule has 0 unspecified atom stereocenters. The molecule has 0 bridgehead atoms. The Bertz CT molecular complexity index is 616. The van der Waals surface area contributed by atoms with Gasteiger partial charge in [-0.1, -0.05) is 5.16 Å². The molecule has 0 spiro atoms. The number of ether oxygens (including phenoxy) is 2. The van der Waals surface area contributed by atoms with Crippen LogP contribution in [0.2, 0.25) is 0 Å². The first-order chi connectivity index (χ1) is 12.2. The van der Waals surface area contributed by atoms with E-state index >= 15 is 0 Å². The predicted molar refractivity (Wildman–Crippen MR) is 85.0 cm³/mol. The van der Waals surface area contributed by atoms with Crippen LogP contribution in [0.25, 0.3) is 0 Å². The molecule has 3 aliphatic rings. The summed E-state index contributed by atoms with van der Waals surface area (Å²) in [6.07, 6.45) is 1.73. The van der Waals surface area contributed by atoms with Gasteiger partial charge in [-0.05, 0) is 6.42 Å². The molecule has 0 N–H and O–H groups in total. The number of morpholine rings is 1. The molecule has 0 radical (unpaired) electrons. The van der Waals surface area contributed by atoms with E-state index in [0.717, 1.165) is 39.3 Å². The van der Waals surface area contributed by atoms with Crippen molar-refractivity contribution in [2.24, 2.45) is 0 Å². The summed E-state index contributed by atoms with van der Waals surface area (Å²) in [4.78, 5) is 30.3. The molecule has 0 saturated carbocycles. The topological polar surface area (TPSA) is 88.4 Å². The van der Waals surface area contributed by atoms with Crippen LogP contribution >= 0.6 is 0 Å². The maximum Gasteiger partial charge on any atom is 0.410 e. The van der Waals surface area contributed by atoms with E-state index in [9.17, 15) is 9.59 Å². The predicted octanol–water partition coefficient (Wildman–Crippen LogP) is 0.0421. The van der Waals surface area contributed by atoms with E-state index in [1.165, 1.54) is 6.26 Å². The highest BCUT2D eigenvalue weighted by Gasteiger charge is 2.48. The number of amides is 2. The van der Waals surface area contributed by atoms with Crippen molar-refractivity contribution in [2.75, 3.05) is 52.5 Å². The standard InChI is InChI=1S/C16H22N4O5/c21-15(12-2-7-24-17-12)19-10-13-14(11-19)25-16(22)20(13)4-1-3-18-5-8-23-9-6-18/h2,7,13-14H,1,3-6,8-11H2/t13-,14+/m1/s1. The molecule has 136 valence electrons. The third kappa shape index (κ3) is 3.34. The lowest BCUT2D eigenvalue weighted by molar-refractivity contribution is 0.0362. The van der Waals surface area contributed by atoms with Crippen LogP contribution in [0, 0.1) is 0 Å². The van der Waals surface area contributed by atoms with Gasteiger partial charge >= 0.3 is 6.09 Å². The number of fused-ring (bicyclic) bond motifs is 1. The third-order valence-corrected chi connectivity index (χ3v) is 5.05. The Morgan fingerprint density at radius 3 is 2.84 bits per heavy atom. The van der Waals surface area contributed by atoms with Crippen molar-refractivity contribution < 1.29 is 23.6 Å². The fourth-order valence-corrected chi connectivity index (χ4v) is 3.70. The van der Waals surface area contributed by atoms with Crippen LogP contribution < -0.4 is 0 Å². The summed E-state index contributed by atoms with van der Waals surface area (Å²) in [7, 11) is 0. The van der Waals surface area contributed by atoms with Gasteiger partial charge in [0.1, 0.15) is 12.4 Å². The minimum atomic E-state index is -0.273. The molecule has 2 atom stereocenters. The van der Waals surface area contributed by atoms with Crippen molar-refractivity contribution in [2.45, 2.75) is 18.6 Å². The van der Waals surface area contributed by atoms with Crippen molar-refractivity contribution in [3.8, 4) is 0 Å². The molecule has 3 aliphatic heterocycles. The van der Waals surface area contributed by atoms with Crippen LogP contribution in [0.15, 0.2) is 16.9 Å². The van der Waals surface area contributed by atoms with Crippen LogP contribution in [0.4, 0.5) is 4.79 Å². The molecule has 9 heteroatoms. The van der Waals surface area contributed by atoms with Crippen molar-refractivity contribution >= 4 is 12.0 Å². The summed E-state index contributed by atoms with van der Waals surface area (Å²) in [5.74, 6) is -0.188. The first-order valence-electron chi connectivity index (χ1n) is 8.69. The van der Waals surface area contributed by atoms with E-state index in [2.05, 4.69) is 10.1 Å². The highest BCUT2D eigenvalue weighted by molar-refractivity contribution is 5.92. The molecule has 3 fully saturated rings. The molecule has 0 aliphatic carbocycles. The number of hydrogen-bond donors (Lipinski definition) is 0. The number of hydrogen-bond acceptors (Lipinski definition) is 7. The van der Waals surface area contributed by atoms with Crippen molar-refractivity contribution in [1.82, 2.24) is 19.9 Å². The number of likely N-dealkylation sites (tertiary alicyclic amines) is 1. The van der Waals surface area contributed by atoms with E-state index < -0.39 is 0 Å². The zero-order valence-electron chi connectivity index (χ0n) is 14.0. The summed E-state index contributed by atoms with van der Waals surface area (Å²) in [6.45, 7) is 5.88. The highest BCUT2D eigenvalue weighted by Crippen LogP contribution is 2.28. The van der Waals surface area contributed by atoms with Crippen molar-refractivity contribution in [3.63, 3.8) is 0 Å². The quantitative estimate of drug-likeness (QED) is 0.741. The first kappa shape index (κ1) is 16.3. The zero-order valence-corrected chi connectivity index (χ0v) is 14.0. The number of carbonyl (C=O) groups is 2. The first-order valence-corrected chi connectivity index (χ1v) is 8.69. The zero-order chi connectivity index (χ0) is 17.2. The summed E-state index contributed by atoms with van der Waals surface area (Å²) >= 11 is 0. The number of nitrogens with zero attached hydrogens (tertiary/aromatic N) is 4. The summed E-state index contributed by atoms with van der Waals surface area (Å²) in [5, 5.41) is 3.69. The fourth-order valence-electron chi connectivity index (χ4n) is 3.70. The highest BCUT2D eigenvalue weighted by atomic mass is 16.6. The van der Waals surface area contributed by atoms with Crippen LogP contribution in [0.5, 0.6) is 0 Å². The van der Waals surface area contributed by atoms with E-state index in [4.69, 9.17) is 14.0 Å². The van der Waals surface area contributed by atoms with Gasteiger partial charge in [-0.3, -0.25) is 14.6 Å². The largest absolute Gasteiger partial charge is 0.442 e. The van der Waals surface area contributed by atoms with Gasteiger partial charge in [0, 0.05) is 38.8 Å². The maximum absolute atomic E-state index is 12.4. The second-order valence-corrected chi connectivity index (χ2v) is 6.59. The van der Waals surface area contributed by atoms with Gasteiger partial charge in [0.2, 0.25) is 0 Å². The molecule has 1 aromatic heterocycles. The minimum absolute atomic E-state index is 0.0759. The lowest BCUT2D eigenvalue weighted by atomic mass is 10.2. The molecule has 1 aromatic rings. The molecule has 25 heavy (non-hydrogen) atoms. The van der Waals surface area contributed by atoms with E-state index in [1.54, 1.807) is 15.9 Å². The van der Waals surface area contributed by atoms with Crippen molar-refractivity contribution in [1.29, 1.82) is 0 Å². The summed E-state index contributed by atoms with van der Waals surface area (Å²) < 4.78 is 15.5. The fraction of sp³-hybridized carbons (Fsp3) is 0.688. The lowest BCUT2D eigenvalue weighted by Crippen LogP contribution is -2.42. The third-order valence-electron chi connectivity index (χ3n) is 5.05. The Morgan fingerprint density at radius 1 is 1.24 bits per heavy atom. The average molecular weight is 350 g/mol. The summed E-state index contributed by atoms with van der Waals surface area (Å²) in [6, 6.07) is 1.47. The Labute approximate surface area is 145 Å². The van der Waals surface area contributed by atoms with E-state index in [-0.39, 0.29) is 29.8 Å². The molecule has 0 aromatic carbocycles. The molecular formula is C16H22N4O5. The van der Waals surface area contributed by atoms with Gasteiger partial charge in [-0.15, -0.1) is 0 Å². The Hall–Kier alpha value is -2.13. The second kappa shape index (κ2) is 7.01. The maximum atomic E-state index is 12.4. The van der Waals surface area contributed by atoms with Gasteiger partial charge in [0.15, 0.2) is 5.69 Å². The van der Waals surface area contributed by atoms with Gasteiger partial charge in [0.05, 0.1) is 25.8 Å². The minimum Gasteiger partial charge on any atom is -0.442 e. The smallest absolute Gasteiger partial charge is 0.410 e. The van der Waals surface area contributed by atoms with Crippen LogP contribution in [0.1, 0.15) is 16.9 Å². The second-order valence-electron chi connectivity index (χ2n) is 6.59. The molecular weight excluding hydrogens is 328 g/mol. The molecule has 2 amide bonds. The van der Waals surface area contributed by atoms with Crippen molar-refractivity contribution in [3.05, 3.63) is 18.0 Å². The van der Waals surface area contributed by atoms with Gasteiger partial charge < -0.3 is 18.9 Å².